The number of nitrogens with one attached hydrogen (secondary N) is 1. The fraction of sp³-hybridized carbons (Fsp3) is 0.269. The van der Waals surface area contributed by atoms with Gasteiger partial charge in [0.15, 0.2) is 6.10 Å². The van der Waals surface area contributed by atoms with E-state index in [1.165, 1.54) is 36.4 Å². The van der Waals surface area contributed by atoms with Crippen LogP contribution in [-0.4, -0.2) is 44.4 Å². The molecule has 1 unspecified atom stereocenters. The molecule has 0 aliphatic heterocycles. The smallest absolute Gasteiger partial charge is 0.422 e. The first-order valence-electron chi connectivity index (χ1n) is 11.6. The molecular weight excluding hydrogens is 521 g/mol. The van der Waals surface area contributed by atoms with Crippen LogP contribution in [0.2, 0.25) is 0 Å². The molecule has 2 heterocycles. The predicted molar refractivity (Wildman–Crippen MR) is 129 cm³/mol. The zero-order valence-corrected chi connectivity index (χ0v) is 20.9. The molecule has 39 heavy (non-hydrogen) atoms. The summed E-state index contributed by atoms with van der Waals surface area (Å²) in [7, 11) is 0. The molecule has 0 saturated carbocycles. The lowest BCUT2D eigenvalue weighted by Gasteiger charge is -2.20. The van der Waals surface area contributed by atoms with Gasteiger partial charge in [0.2, 0.25) is 11.6 Å². The molecule has 2 aromatic carbocycles. The number of aliphatic hydroxyl groups is 1. The number of benzene rings is 2. The molecule has 0 aliphatic carbocycles. The van der Waals surface area contributed by atoms with Crippen LogP contribution in [-0.2, 0) is 20.5 Å². The molecule has 204 valence electrons. The third kappa shape index (κ3) is 6.49. The first-order valence-corrected chi connectivity index (χ1v) is 11.6. The molecule has 2 N–H and O–H groups in total. The fourth-order valence-electron chi connectivity index (χ4n) is 3.52. The van der Waals surface area contributed by atoms with Crippen LogP contribution in [0.15, 0.2) is 63.6 Å². The van der Waals surface area contributed by atoms with Crippen molar-refractivity contribution in [1.82, 2.24) is 20.6 Å². The lowest BCUT2D eigenvalue weighted by atomic mass is 10.1. The van der Waals surface area contributed by atoms with Gasteiger partial charge in [0, 0.05) is 11.1 Å². The van der Waals surface area contributed by atoms with Crippen LogP contribution in [0, 0.1) is 0 Å². The molecule has 13 heteroatoms. The number of aliphatic hydroxyl groups excluding tert-OH is 1. The minimum absolute atomic E-state index is 0.0637. The fourth-order valence-corrected chi connectivity index (χ4v) is 3.52. The highest BCUT2D eigenvalue weighted by atomic mass is 19.4. The topological polar surface area (TPSA) is 141 Å². The third-order valence-electron chi connectivity index (χ3n) is 5.20. The third-order valence-corrected chi connectivity index (χ3v) is 5.20. The van der Waals surface area contributed by atoms with Crippen LogP contribution in [0.25, 0.3) is 34.3 Å². The lowest BCUT2D eigenvalue weighted by molar-refractivity contribution is -0.155. The van der Waals surface area contributed by atoms with Crippen LogP contribution in [0.5, 0.6) is 0 Å². The molecule has 0 radical (unpaired) electrons. The molecule has 4 aromatic rings. The molecule has 0 saturated heterocycles. The number of amides is 1. The molecule has 0 fully saturated rings. The Balaban J connectivity index is 1.50. The molecule has 1 amide bonds. The summed E-state index contributed by atoms with van der Waals surface area (Å²) in [6.45, 7) is 4.61. The van der Waals surface area contributed by atoms with Gasteiger partial charge in [0.25, 0.3) is 11.8 Å². The number of hydrogen-bond acceptors (Lipinski definition) is 9. The van der Waals surface area contributed by atoms with Crippen LogP contribution >= 0.6 is 0 Å². The van der Waals surface area contributed by atoms with E-state index in [-0.39, 0.29) is 17.0 Å². The van der Waals surface area contributed by atoms with E-state index in [2.05, 4.69) is 20.6 Å². The van der Waals surface area contributed by atoms with Gasteiger partial charge >= 0.3 is 12.1 Å². The van der Waals surface area contributed by atoms with E-state index in [1.54, 1.807) is 39.0 Å². The number of carbonyl (C=O) groups excluding carboxylic acids is 2. The van der Waals surface area contributed by atoms with Crippen molar-refractivity contribution in [2.45, 2.75) is 38.7 Å². The van der Waals surface area contributed by atoms with Crippen LogP contribution in [0.4, 0.5) is 13.2 Å². The Hall–Kier alpha value is -4.52. The second-order valence-electron chi connectivity index (χ2n) is 9.35. The predicted octanol–water partition coefficient (Wildman–Crippen LogP) is 4.57. The zero-order chi connectivity index (χ0) is 28.4. The van der Waals surface area contributed by atoms with E-state index < -0.39 is 59.2 Å². The maximum atomic E-state index is 13.9. The molecule has 4 rings (SSSR count). The maximum absolute atomic E-state index is 13.9. The summed E-state index contributed by atoms with van der Waals surface area (Å²) in [5.41, 5.74) is -1.58. The number of hydrogen-bond donors (Lipinski definition) is 2. The number of aromatic nitrogens is 3. The summed E-state index contributed by atoms with van der Waals surface area (Å²) in [5.74, 6) is -2.81. The largest absolute Gasteiger partial charge is 0.459 e. The Kier molecular flexibility index (Phi) is 7.54. The van der Waals surface area contributed by atoms with Gasteiger partial charge in [-0.05, 0) is 26.3 Å². The first kappa shape index (κ1) is 27.5. The van der Waals surface area contributed by atoms with Gasteiger partial charge in [-0.1, -0.05) is 64.9 Å². The van der Waals surface area contributed by atoms with Gasteiger partial charge in [-0.3, -0.25) is 9.59 Å². The van der Waals surface area contributed by atoms with Gasteiger partial charge in [0.1, 0.15) is 23.4 Å². The minimum atomic E-state index is -4.82. The summed E-state index contributed by atoms with van der Waals surface area (Å²) in [6, 6.07) is 13.4. The molecule has 0 aliphatic rings. The molecule has 0 spiro atoms. The number of rotatable bonds is 7. The van der Waals surface area contributed by atoms with Crippen LogP contribution in [0.1, 0.15) is 38.0 Å². The highest BCUT2D eigenvalue weighted by Crippen LogP contribution is 2.43. The number of esters is 1. The minimum Gasteiger partial charge on any atom is -0.459 e. The van der Waals surface area contributed by atoms with Gasteiger partial charge in [-0.2, -0.15) is 18.2 Å². The molecule has 0 bridgehead atoms. The van der Waals surface area contributed by atoms with Gasteiger partial charge < -0.3 is 24.2 Å². The Morgan fingerprint density at radius 1 is 0.974 bits per heavy atom. The van der Waals surface area contributed by atoms with Crippen molar-refractivity contribution in [2.24, 2.45) is 0 Å². The van der Waals surface area contributed by atoms with Crippen molar-refractivity contribution in [1.29, 1.82) is 0 Å². The zero-order valence-electron chi connectivity index (χ0n) is 20.9. The summed E-state index contributed by atoms with van der Waals surface area (Å²) < 4.78 is 56.9. The maximum Gasteiger partial charge on any atom is 0.422 e. The van der Waals surface area contributed by atoms with E-state index in [4.69, 9.17) is 13.8 Å². The number of carbonyl (C=O) groups is 2. The van der Waals surface area contributed by atoms with E-state index in [0.717, 1.165) is 0 Å². The van der Waals surface area contributed by atoms with Crippen molar-refractivity contribution < 1.29 is 41.6 Å². The Bertz CT molecular complexity index is 1460. The first-order chi connectivity index (χ1) is 18.3. The van der Waals surface area contributed by atoms with E-state index in [1.807, 2.05) is 0 Å². The van der Waals surface area contributed by atoms with Crippen molar-refractivity contribution >= 4 is 11.9 Å². The van der Waals surface area contributed by atoms with E-state index in [9.17, 15) is 27.9 Å². The van der Waals surface area contributed by atoms with Crippen LogP contribution in [0.3, 0.4) is 0 Å². The monoisotopic (exact) mass is 544 g/mol. The number of nitrogens with zero attached hydrogens (tertiary/aromatic N) is 3. The van der Waals surface area contributed by atoms with E-state index >= 15 is 0 Å². The Labute approximate surface area is 219 Å². The second kappa shape index (κ2) is 10.7. The summed E-state index contributed by atoms with van der Waals surface area (Å²) in [6.07, 6.45) is -6.42. The molecule has 1 atom stereocenters. The Morgan fingerprint density at radius 3 is 2.26 bits per heavy atom. The normalized spacial score (nSPS) is 12.7. The molecule has 2 aromatic heterocycles. The second-order valence-corrected chi connectivity index (χ2v) is 9.35. The average Bonchev–Trinajstić information content (AvgIpc) is 3.54. The number of halogens is 3. The Morgan fingerprint density at radius 2 is 1.64 bits per heavy atom. The quantitative estimate of drug-likeness (QED) is 0.320. The van der Waals surface area contributed by atoms with Crippen molar-refractivity contribution in [3.8, 4) is 34.3 Å². The van der Waals surface area contributed by atoms with Crippen LogP contribution < -0.4 is 5.32 Å². The van der Waals surface area contributed by atoms with Gasteiger partial charge in [-0.25, -0.2) is 0 Å². The summed E-state index contributed by atoms with van der Waals surface area (Å²) in [5, 5.41) is 19.9. The van der Waals surface area contributed by atoms with Crippen molar-refractivity contribution in [3.05, 3.63) is 65.7 Å². The average molecular weight is 544 g/mol. The SMILES string of the molecule is CC(C)(C)OC(=O)CNC(=O)C(O)c1ccc(-c2noc(-c3onc(-c4ccccc4)c3C(F)(F)F)n2)cc1. The number of alkyl halides is 3. The van der Waals surface area contributed by atoms with E-state index in [0.29, 0.717) is 5.56 Å². The highest BCUT2D eigenvalue weighted by molar-refractivity contribution is 5.86. The lowest BCUT2D eigenvalue weighted by Crippen LogP contribution is -2.37. The van der Waals surface area contributed by atoms with Crippen molar-refractivity contribution in [2.75, 3.05) is 6.54 Å². The van der Waals surface area contributed by atoms with Gasteiger partial charge in [-0.15, -0.1) is 0 Å². The highest BCUT2D eigenvalue weighted by Gasteiger charge is 2.43. The summed E-state index contributed by atoms with van der Waals surface area (Å²) >= 11 is 0. The standard InChI is InChI=1S/C26H23F3N4O6/c1-25(2,3)37-17(34)13-30-23(36)20(35)15-9-11-16(12-10-15)22-31-24(39-33-22)21-18(26(27,28)29)19(32-38-21)14-7-5-4-6-8-14/h4-12,20,35H,13H2,1-3H3,(H,30,36). The van der Waals surface area contributed by atoms with Crippen molar-refractivity contribution in [3.63, 3.8) is 0 Å². The summed E-state index contributed by atoms with van der Waals surface area (Å²) in [4.78, 5) is 28.0. The molecular formula is C26H23F3N4O6. The molecule has 10 nitrogen and oxygen atoms in total. The number of ether oxygens (including phenoxy) is 1. The van der Waals surface area contributed by atoms with Gasteiger partial charge in [0.05, 0.1) is 0 Å².